The Morgan fingerprint density at radius 2 is 0.433 bits per heavy atom. The van der Waals surface area contributed by atoms with Gasteiger partial charge in [-0.05, 0) is 70.4 Å². The molecule has 6 aromatic carbocycles. The van der Waals surface area contributed by atoms with Gasteiger partial charge in [-0.3, -0.25) is 0 Å². The number of benzene rings is 6. The Bertz CT molecular complexity index is 1920. The summed E-state index contributed by atoms with van der Waals surface area (Å²) in [5.41, 5.74) is 6.40. The average molecular weight is 1020 g/mol. The number of nitrogens with zero attached hydrogens (tertiary/aromatic N) is 9. The van der Waals surface area contributed by atoms with Crippen molar-refractivity contribution < 1.29 is 41.7 Å². The Labute approximate surface area is 437 Å². The molecule has 67 heavy (non-hydrogen) atoms. The molecule has 0 N–H and O–H groups in total. The molecule has 0 heterocycles. The van der Waals surface area contributed by atoms with E-state index in [1.54, 1.807) is 0 Å². The average Bonchev–Trinajstić information content (AvgIpc) is 3.28. The molecule has 6 aromatic rings. The zero-order chi connectivity index (χ0) is 47.8. The van der Waals surface area contributed by atoms with Gasteiger partial charge in [0, 0.05) is 17.9 Å². The monoisotopic (exact) mass is 1020 g/mol. The summed E-state index contributed by atoms with van der Waals surface area (Å²) < 4.78 is 0. The van der Waals surface area contributed by atoms with Gasteiger partial charge in [-0.25, -0.2) is 0 Å². The fourth-order valence-corrected chi connectivity index (χ4v) is 6.43. The number of rotatable bonds is 12. The Morgan fingerprint density at radius 1 is 0.284 bits per heavy atom. The van der Waals surface area contributed by atoms with Crippen molar-refractivity contribution in [3.8, 4) is 0 Å². The van der Waals surface area contributed by atoms with Crippen molar-refractivity contribution in [2.75, 3.05) is 14.7 Å². The third-order valence-corrected chi connectivity index (χ3v) is 8.93. The van der Waals surface area contributed by atoms with Crippen LogP contribution in [0.15, 0.2) is 197 Å². The van der Waals surface area contributed by atoms with Gasteiger partial charge in [0.1, 0.15) is 0 Å². The standard InChI is InChI=1S/3C19H24N3.Ce/c3*1-15(2)20-19(21-16(3)4)22(17-11-7-5-8-12-17)18-13-9-6-10-14-18;/h3*5-16H,1-4H3;/q3*-1;+3. The van der Waals surface area contributed by atoms with Gasteiger partial charge in [-0.1, -0.05) is 265 Å². The van der Waals surface area contributed by atoms with E-state index in [0.29, 0.717) is 0 Å². The summed E-state index contributed by atoms with van der Waals surface area (Å²) in [7, 11) is 0. The summed E-state index contributed by atoms with van der Waals surface area (Å²) >= 11 is 0. The zero-order valence-electron chi connectivity index (χ0n) is 41.8. The predicted molar refractivity (Wildman–Crippen MR) is 288 cm³/mol. The molecule has 0 spiro atoms. The van der Waals surface area contributed by atoms with Gasteiger partial charge in [0.05, 0.1) is 0 Å². The fraction of sp³-hybridized carbons (Fsp3) is 0.316. The Morgan fingerprint density at radius 3 is 0.552 bits per heavy atom. The van der Waals surface area contributed by atoms with Crippen LogP contribution >= 0.6 is 0 Å². The molecule has 0 saturated heterocycles. The number of aliphatic imine (C=N–C) groups is 3. The van der Waals surface area contributed by atoms with E-state index in [9.17, 15) is 0 Å². The van der Waals surface area contributed by atoms with Gasteiger partial charge in [0.2, 0.25) is 0 Å². The molecule has 0 bridgehead atoms. The van der Waals surface area contributed by atoms with E-state index in [1.807, 2.05) is 109 Å². The van der Waals surface area contributed by atoms with Gasteiger partial charge in [-0.2, -0.15) is 0 Å². The van der Waals surface area contributed by atoms with Crippen LogP contribution in [0.2, 0.25) is 0 Å². The minimum absolute atomic E-state index is 0. The number of hydrogen-bond acceptors (Lipinski definition) is 3. The second kappa shape index (κ2) is 30.0. The van der Waals surface area contributed by atoms with Gasteiger partial charge in [0.25, 0.3) is 0 Å². The molecule has 10 heteroatoms. The Balaban J connectivity index is 0.000000264. The number of hydrogen-bond donors (Lipinski definition) is 0. The van der Waals surface area contributed by atoms with Crippen LogP contribution in [0, 0.1) is 41.7 Å². The molecule has 0 aliphatic carbocycles. The third-order valence-electron chi connectivity index (χ3n) is 8.93. The van der Waals surface area contributed by atoms with Crippen molar-refractivity contribution >= 4 is 52.0 Å². The zero-order valence-corrected chi connectivity index (χ0v) is 44.9. The van der Waals surface area contributed by atoms with Crippen LogP contribution in [-0.4, -0.2) is 54.1 Å². The van der Waals surface area contributed by atoms with E-state index >= 15 is 0 Å². The van der Waals surface area contributed by atoms with Crippen molar-refractivity contribution in [1.29, 1.82) is 0 Å². The smallest absolute Gasteiger partial charge is 0.391 e. The van der Waals surface area contributed by atoms with E-state index in [4.69, 9.17) is 30.9 Å². The topological polar surface area (TPSA) is 89.1 Å². The molecule has 6 rings (SSSR count). The first-order valence-corrected chi connectivity index (χ1v) is 23.3. The van der Waals surface area contributed by atoms with Gasteiger partial charge >= 0.3 is 41.7 Å². The number of anilines is 6. The molecule has 0 aromatic heterocycles. The summed E-state index contributed by atoms with van der Waals surface area (Å²) in [6, 6.07) is 62.6. The molecule has 0 atom stereocenters. The first kappa shape index (κ1) is 55.8. The van der Waals surface area contributed by atoms with E-state index in [0.717, 1.165) is 52.0 Å². The van der Waals surface area contributed by atoms with Crippen LogP contribution in [0.1, 0.15) is 83.1 Å². The van der Waals surface area contributed by atoms with E-state index in [2.05, 4.69) is 171 Å². The normalized spacial score (nSPS) is 11.6. The van der Waals surface area contributed by atoms with E-state index in [-0.39, 0.29) is 78.0 Å². The van der Waals surface area contributed by atoms with Crippen molar-refractivity contribution in [3.63, 3.8) is 0 Å². The van der Waals surface area contributed by atoms with Gasteiger partial charge < -0.3 is 45.6 Å². The minimum Gasteiger partial charge on any atom is -0.391 e. The molecule has 0 unspecified atom stereocenters. The van der Waals surface area contributed by atoms with E-state index in [1.165, 1.54) is 0 Å². The summed E-state index contributed by atoms with van der Waals surface area (Å²) in [5.74, 6) is 2.26. The van der Waals surface area contributed by atoms with Crippen molar-refractivity contribution in [2.24, 2.45) is 15.0 Å². The van der Waals surface area contributed by atoms with Gasteiger partial charge in [0.15, 0.2) is 0 Å². The molecule has 0 aliphatic rings. The van der Waals surface area contributed by atoms with Gasteiger partial charge in [-0.15, -0.1) is 0 Å². The summed E-state index contributed by atoms with van der Waals surface area (Å²) in [6.07, 6.45) is 0. The van der Waals surface area contributed by atoms with Crippen LogP contribution in [0.4, 0.5) is 34.1 Å². The summed E-state index contributed by atoms with van der Waals surface area (Å²) in [5, 5.41) is 14.2. The molecule has 0 aliphatic heterocycles. The molecule has 0 fully saturated rings. The van der Waals surface area contributed by atoms with Crippen LogP contribution < -0.4 is 14.7 Å². The molecule has 0 amide bonds. The second-order valence-electron chi connectivity index (χ2n) is 17.3. The van der Waals surface area contributed by atoms with Crippen molar-refractivity contribution in [2.45, 2.75) is 119 Å². The van der Waals surface area contributed by atoms with Crippen LogP contribution in [-0.2, 0) is 0 Å². The second-order valence-corrected chi connectivity index (χ2v) is 17.3. The number of guanidine groups is 3. The molecule has 1 radical (unpaired) electrons. The minimum atomic E-state index is 0. The Kier molecular flexibility index (Phi) is 25.0. The Hall–Kier alpha value is -5.49. The van der Waals surface area contributed by atoms with E-state index < -0.39 is 0 Å². The summed E-state index contributed by atoms with van der Waals surface area (Å²) in [4.78, 5) is 20.6. The fourth-order valence-electron chi connectivity index (χ4n) is 6.43. The maximum absolute atomic E-state index is 4.75. The first-order valence-electron chi connectivity index (χ1n) is 23.3. The maximum atomic E-state index is 4.75. The SMILES string of the molecule is CC(C)N=C([N-]C(C)C)N(c1ccccc1)c1ccccc1.CC(C)N=C([N-]C(C)C)N(c1ccccc1)c1ccccc1.CC(C)N=C([N-]C(C)C)N(c1ccccc1)c1ccccc1.[Ce+3]. The molecule has 9 nitrogen and oxygen atoms in total. The predicted octanol–water partition coefficient (Wildman–Crippen LogP) is 16.1. The van der Waals surface area contributed by atoms with Crippen LogP contribution in [0.3, 0.4) is 0 Å². The molecular weight excluding hydrogens is 951 g/mol. The van der Waals surface area contributed by atoms with Crippen LogP contribution in [0.25, 0.3) is 16.0 Å². The number of para-hydroxylation sites is 6. The quantitative estimate of drug-likeness (QED) is 0.0903. The molecular formula is C57H72CeN9. The molecule has 0 saturated carbocycles. The molecule has 349 valence electrons. The largest absolute Gasteiger partial charge is 3.00 e. The van der Waals surface area contributed by atoms with Crippen LogP contribution in [0.5, 0.6) is 0 Å². The third kappa shape index (κ3) is 19.7. The van der Waals surface area contributed by atoms with Crippen molar-refractivity contribution in [3.05, 3.63) is 198 Å². The first-order chi connectivity index (χ1) is 31.7. The van der Waals surface area contributed by atoms with Crippen molar-refractivity contribution in [1.82, 2.24) is 0 Å². The summed E-state index contributed by atoms with van der Waals surface area (Å²) in [6.45, 7) is 24.9. The maximum Gasteiger partial charge on any atom is 3.00 e.